The van der Waals surface area contributed by atoms with Crippen molar-refractivity contribution in [3.63, 3.8) is 0 Å². The standard InChI is InChI=1S/C17H23F2N/c18-15-6-5-13(17(19)10-15)9-12-3-1-2-4-14(12)11-20-16-7-8-16/h5-6,10,12,14,16,20H,1-4,7-9,11H2. The van der Waals surface area contributed by atoms with Crippen molar-refractivity contribution in [2.24, 2.45) is 11.8 Å². The van der Waals surface area contributed by atoms with Gasteiger partial charge in [-0.2, -0.15) is 0 Å². The molecule has 0 radical (unpaired) electrons. The third kappa shape index (κ3) is 3.57. The summed E-state index contributed by atoms with van der Waals surface area (Å²) in [4.78, 5) is 0. The summed E-state index contributed by atoms with van der Waals surface area (Å²) in [6.45, 7) is 1.07. The zero-order chi connectivity index (χ0) is 13.9. The predicted molar refractivity (Wildman–Crippen MR) is 76.5 cm³/mol. The predicted octanol–water partition coefficient (Wildman–Crippen LogP) is 4.07. The van der Waals surface area contributed by atoms with Gasteiger partial charge in [0.25, 0.3) is 0 Å². The van der Waals surface area contributed by atoms with E-state index in [9.17, 15) is 8.78 Å². The fourth-order valence-electron chi connectivity index (χ4n) is 3.40. The largest absolute Gasteiger partial charge is 0.314 e. The topological polar surface area (TPSA) is 12.0 Å². The first-order chi connectivity index (χ1) is 9.72. The maximum atomic E-state index is 13.8. The maximum Gasteiger partial charge on any atom is 0.129 e. The van der Waals surface area contributed by atoms with Crippen LogP contribution in [0.1, 0.15) is 44.1 Å². The summed E-state index contributed by atoms with van der Waals surface area (Å²) in [5.74, 6) is 0.315. The minimum Gasteiger partial charge on any atom is -0.314 e. The molecule has 1 nitrogen and oxygen atoms in total. The summed E-state index contributed by atoms with van der Waals surface area (Å²) in [6, 6.07) is 4.74. The Morgan fingerprint density at radius 2 is 1.75 bits per heavy atom. The van der Waals surface area contributed by atoms with E-state index in [2.05, 4.69) is 5.32 Å². The molecular formula is C17H23F2N. The molecule has 20 heavy (non-hydrogen) atoms. The van der Waals surface area contributed by atoms with Gasteiger partial charge in [0.2, 0.25) is 0 Å². The second kappa shape index (κ2) is 6.21. The number of halogens is 2. The van der Waals surface area contributed by atoms with Gasteiger partial charge in [0.15, 0.2) is 0 Å². The molecule has 3 rings (SSSR count). The lowest BCUT2D eigenvalue weighted by Gasteiger charge is -2.32. The smallest absolute Gasteiger partial charge is 0.129 e. The fraction of sp³-hybridized carbons (Fsp3) is 0.647. The Bertz CT molecular complexity index is 456. The lowest BCUT2D eigenvalue weighted by Crippen LogP contribution is -2.32. The summed E-state index contributed by atoms with van der Waals surface area (Å²) >= 11 is 0. The molecule has 0 saturated heterocycles. The molecule has 2 fully saturated rings. The Morgan fingerprint density at radius 3 is 2.45 bits per heavy atom. The van der Waals surface area contributed by atoms with Crippen LogP contribution in [0.25, 0.3) is 0 Å². The van der Waals surface area contributed by atoms with Gasteiger partial charge < -0.3 is 5.32 Å². The van der Waals surface area contributed by atoms with E-state index in [1.807, 2.05) is 0 Å². The van der Waals surface area contributed by atoms with E-state index in [0.29, 0.717) is 17.4 Å². The zero-order valence-electron chi connectivity index (χ0n) is 11.9. The molecule has 2 unspecified atom stereocenters. The minimum atomic E-state index is -0.484. The molecule has 1 aromatic rings. The minimum absolute atomic E-state index is 0.385. The van der Waals surface area contributed by atoms with Crippen molar-refractivity contribution in [1.29, 1.82) is 0 Å². The Balaban J connectivity index is 1.62. The van der Waals surface area contributed by atoms with E-state index in [-0.39, 0.29) is 5.82 Å². The van der Waals surface area contributed by atoms with Crippen molar-refractivity contribution in [2.45, 2.75) is 51.0 Å². The molecule has 0 bridgehead atoms. The number of hydrogen-bond acceptors (Lipinski definition) is 1. The molecule has 1 N–H and O–H groups in total. The zero-order valence-corrected chi connectivity index (χ0v) is 11.9. The molecule has 0 aromatic heterocycles. The van der Waals surface area contributed by atoms with Crippen LogP contribution in [0.3, 0.4) is 0 Å². The molecule has 2 saturated carbocycles. The van der Waals surface area contributed by atoms with Gasteiger partial charge in [0.05, 0.1) is 0 Å². The summed E-state index contributed by atoms with van der Waals surface area (Å²) in [6.07, 6.45) is 8.32. The van der Waals surface area contributed by atoms with Crippen LogP contribution in [-0.2, 0) is 6.42 Å². The van der Waals surface area contributed by atoms with Gasteiger partial charge in [-0.15, -0.1) is 0 Å². The van der Waals surface area contributed by atoms with Crippen LogP contribution in [-0.4, -0.2) is 12.6 Å². The van der Waals surface area contributed by atoms with E-state index in [1.54, 1.807) is 6.07 Å². The van der Waals surface area contributed by atoms with Crippen molar-refractivity contribution in [3.8, 4) is 0 Å². The average molecular weight is 279 g/mol. The van der Waals surface area contributed by atoms with Gasteiger partial charge in [-0.3, -0.25) is 0 Å². The fourth-order valence-corrected chi connectivity index (χ4v) is 3.40. The van der Waals surface area contributed by atoms with E-state index in [4.69, 9.17) is 0 Å². The highest BCUT2D eigenvalue weighted by Crippen LogP contribution is 2.33. The second-order valence-electron chi connectivity index (χ2n) is 6.43. The normalized spacial score (nSPS) is 26.7. The van der Waals surface area contributed by atoms with E-state index >= 15 is 0 Å². The molecule has 3 heteroatoms. The third-order valence-corrected chi connectivity index (χ3v) is 4.81. The Kier molecular flexibility index (Phi) is 4.35. The second-order valence-corrected chi connectivity index (χ2v) is 6.43. The van der Waals surface area contributed by atoms with Crippen LogP contribution in [0.15, 0.2) is 18.2 Å². The molecule has 1 aromatic carbocycles. The van der Waals surface area contributed by atoms with Gasteiger partial charge in [-0.05, 0) is 62.1 Å². The van der Waals surface area contributed by atoms with Crippen molar-refractivity contribution in [3.05, 3.63) is 35.4 Å². The highest BCUT2D eigenvalue weighted by atomic mass is 19.1. The number of rotatable bonds is 5. The molecular weight excluding hydrogens is 256 g/mol. The van der Waals surface area contributed by atoms with Crippen molar-refractivity contribution < 1.29 is 8.78 Å². The van der Waals surface area contributed by atoms with Crippen LogP contribution >= 0.6 is 0 Å². The lowest BCUT2D eigenvalue weighted by molar-refractivity contribution is 0.226. The van der Waals surface area contributed by atoms with Gasteiger partial charge in [-0.1, -0.05) is 18.9 Å². The van der Waals surface area contributed by atoms with Crippen LogP contribution in [0.2, 0.25) is 0 Å². The molecule has 0 spiro atoms. The number of hydrogen-bond donors (Lipinski definition) is 1. The first kappa shape index (κ1) is 14.0. The van der Waals surface area contributed by atoms with Crippen LogP contribution < -0.4 is 5.32 Å². The van der Waals surface area contributed by atoms with E-state index < -0.39 is 5.82 Å². The summed E-state index contributed by atoms with van der Waals surface area (Å²) < 4.78 is 26.8. The SMILES string of the molecule is Fc1ccc(CC2CCCCC2CNC2CC2)c(F)c1. The number of benzene rings is 1. The Labute approximate surface area is 119 Å². The lowest BCUT2D eigenvalue weighted by atomic mass is 9.76. The van der Waals surface area contributed by atoms with Crippen LogP contribution in [0.5, 0.6) is 0 Å². The van der Waals surface area contributed by atoms with Gasteiger partial charge in [0.1, 0.15) is 11.6 Å². The number of nitrogens with one attached hydrogen (secondary N) is 1. The molecule has 0 amide bonds. The summed E-state index contributed by atoms with van der Waals surface area (Å²) in [7, 11) is 0. The molecule has 110 valence electrons. The van der Waals surface area contributed by atoms with Crippen molar-refractivity contribution in [2.75, 3.05) is 6.54 Å². The molecule has 2 atom stereocenters. The third-order valence-electron chi connectivity index (χ3n) is 4.81. The average Bonchev–Trinajstić information content (AvgIpc) is 3.25. The molecule has 2 aliphatic rings. The van der Waals surface area contributed by atoms with Gasteiger partial charge in [0, 0.05) is 12.1 Å². The maximum absolute atomic E-state index is 13.8. The summed E-state index contributed by atoms with van der Waals surface area (Å²) in [5.41, 5.74) is 0.676. The Morgan fingerprint density at radius 1 is 1.00 bits per heavy atom. The van der Waals surface area contributed by atoms with Crippen molar-refractivity contribution in [1.82, 2.24) is 5.32 Å². The van der Waals surface area contributed by atoms with Crippen LogP contribution in [0, 0.1) is 23.5 Å². The first-order valence-electron chi connectivity index (χ1n) is 7.89. The van der Waals surface area contributed by atoms with E-state index in [1.165, 1.54) is 44.6 Å². The monoisotopic (exact) mass is 279 g/mol. The summed E-state index contributed by atoms with van der Waals surface area (Å²) in [5, 5.41) is 3.61. The van der Waals surface area contributed by atoms with Crippen molar-refractivity contribution >= 4 is 0 Å². The first-order valence-corrected chi connectivity index (χ1v) is 7.89. The Hall–Kier alpha value is -0.960. The molecule has 0 heterocycles. The highest BCUT2D eigenvalue weighted by molar-refractivity contribution is 5.19. The highest BCUT2D eigenvalue weighted by Gasteiger charge is 2.28. The van der Waals surface area contributed by atoms with Gasteiger partial charge >= 0.3 is 0 Å². The van der Waals surface area contributed by atoms with Crippen LogP contribution in [0.4, 0.5) is 8.78 Å². The quantitative estimate of drug-likeness (QED) is 0.857. The van der Waals surface area contributed by atoms with Gasteiger partial charge in [-0.25, -0.2) is 8.78 Å². The molecule has 2 aliphatic carbocycles. The molecule has 0 aliphatic heterocycles. The van der Waals surface area contributed by atoms with E-state index in [0.717, 1.165) is 25.1 Å².